The van der Waals surface area contributed by atoms with E-state index in [0.717, 1.165) is 56.5 Å². The van der Waals surface area contributed by atoms with Crippen LogP contribution in [0.25, 0.3) is 10.9 Å². The second-order valence-electron chi connectivity index (χ2n) is 7.51. The van der Waals surface area contributed by atoms with Gasteiger partial charge in [0.05, 0.1) is 17.8 Å². The zero-order valence-electron chi connectivity index (χ0n) is 13.8. The molecule has 1 aromatic heterocycles. The molecule has 2 aromatic rings. The summed E-state index contributed by atoms with van der Waals surface area (Å²) in [5.74, 6) is 0. The van der Waals surface area contributed by atoms with Crippen molar-refractivity contribution in [3.63, 3.8) is 0 Å². The Hall–Kier alpha value is -1.43. The smallest absolute Gasteiger partial charge is 0.0653 e. The maximum atomic E-state index is 10.6. The molecule has 1 spiro atoms. The Morgan fingerprint density at radius 3 is 3.17 bits per heavy atom. The van der Waals surface area contributed by atoms with Crippen LogP contribution in [0.4, 0.5) is 0 Å². The minimum atomic E-state index is -0.156. The molecule has 2 aliphatic heterocycles. The highest BCUT2D eigenvalue weighted by molar-refractivity contribution is 5.78. The van der Waals surface area contributed by atoms with Gasteiger partial charge in [0.1, 0.15) is 0 Å². The van der Waals surface area contributed by atoms with Crippen LogP contribution in [0.1, 0.15) is 24.8 Å². The summed E-state index contributed by atoms with van der Waals surface area (Å²) in [6, 6.07) is 6.53. The first-order valence-electron chi connectivity index (χ1n) is 8.66. The van der Waals surface area contributed by atoms with E-state index >= 15 is 0 Å². The summed E-state index contributed by atoms with van der Waals surface area (Å²) in [6.45, 7) is 5.11. The zero-order chi connectivity index (χ0) is 15.9. The number of benzene rings is 1. The van der Waals surface area contributed by atoms with E-state index in [0.29, 0.717) is 0 Å². The van der Waals surface area contributed by atoms with Crippen LogP contribution in [0, 0.1) is 5.41 Å². The van der Waals surface area contributed by atoms with Crippen molar-refractivity contribution >= 4 is 10.9 Å². The van der Waals surface area contributed by atoms with Crippen molar-refractivity contribution in [2.75, 3.05) is 33.2 Å². The van der Waals surface area contributed by atoms with Gasteiger partial charge in [-0.1, -0.05) is 12.1 Å². The van der Waals surface area contributed by atoms with Gasteiger partial charge in [-0.25, -0.2) is 0 Å². The van der Waals surface area contributed by atoms with Gasteiger partial charge in [0.2, 0.25) is 0 Å². The van der Waals surface area contributed by atoms with E-state index in [9.17, 15) is 5.11 Å². The standard InChI is InChI=1S/C18H26N4O/c1-21-8-5-17(23)18(12-21)6-2-7-22(13-18)11-14-3-4-15-10-19-20-16(15)9-14/h3-4,9-10,17,23H,2,5-8,11-13H2,1H3,(H,19,20)/t17-,18-/m0/s1. The first-order chi connectivity index (χ1) is 11.1. The molecule has 2 atom stereocenters. The molecular formula is C18H26N4O. The summed E-state index contributed by atoms with van der Waals surface area (Å²) in [6.07, 6.45) is 4.94. The van der Waals surface area contributed by atoms with Gasteiger partial charge < -0.3 is 10.0 Å². The number of nitrogens with zero attached hydrogens (tertiary/aromatic N) is 3. The second-order valence-corrected chi connectivity index (χ2v) is 7.51. The van der Waals surface area contributed by atoms with Crippen LogP contribution in [-0.2, 0) is 6.54 Å². The Balaban J connectivity index is 1.50. The molecule has 2 N–H and O–H groups in total. The number of nitrogens with one attached hydrogen (secondary N) is 1. The average Bonchev–Trinajstić information content (AvgIpc) is 2.99. The molecule has 124 valence electrons. The number of hydrogen-bond donors (Lipinski definition) is 2. The van der Waals surface area contributed by atoms with E-state index in [1.54, 1.807) is 0 Å². The van der Waals surface area contributed by atoms with Gasteiger partial charge in [0.25, 0.3) is 0 Å². The highest BCUT2D eigenvalue weighted by atomic mass is 16.3. The van der Waals surface area contributed by atoms with Crippen LogP contribution in [0.5, 0.6) is 0 Å². The predicted octanol–water partition coefficient (Wildman–Crippen LogP) is 1.84. The van der Waals surface area contributed by atoms with Crippen molar-refractivity contribution in [3.8, 4) is 0 Å². The number of aromatic amines is 1. The number of likely N-dealkylation sites (tertiary alicyclic amines) is 2. The number of fused-ring (bicyclic) bond motifs is 1. The third kappa shape index (κ3) is 2.89. The average molecular weight is 314 g/mol. The summed E-state index contributed by atoms with van der Waals surface area (Å²) < 4.78 is 0. The van der Waals surface area contributed by atoms with Crippen LogP contribution in [0.15, 0.2) is 24.4 Å². The highest BCUT2D eigenvalue weighted by Gasteiger charge is 2.44. The fraction of sp³-hybridized carbons (Fsp3) is 0.611. The van der Waals surface area contributed by atoms with Crippen molar-refractivity contribution in [2.24, 2.45) is 5.41 Å². The quantitative estimate of drug-likeness (QED) is 0.888. The third-order valence-corrected chi connectivity index (χ3v) is 5.68. The van der Waals surface area contributed by atoms with Gasteiger partial charge in [-0.15, -0.1) is 0 Å². The molecule has 0 radical (unpaired) electrons. The van der Waals surface area contributed by atoms with Crippen LogP contribution < -0.4 is 0 Å². The monoisotopic (exact) mass is 314 g/mol. The molecule has 2 saturated heterocycles. The van der Waals surface area contributed by atoms with Gasteiger partial charge >= 0.3 is 0 Å². The Morgan fingerprint density at radius 2 is 2.26 bits per heavy atom. The van der Waals surface area contributed by atoms with Crippen molar-refractivity contribution in [1.82, 2.24) is 20.0 Å². The van der Waals surface area contributed by atoms with Crippen molar-refractivity contribution in [1.29, 1.82) is 0 Å². The zero-order valence-corrected chi connectivity index (χ0v) is 13.8. The van der Waals surface area contributed by atoms with E-state index in [4.69, 9.17) is 0 Å². The summed E-state index contributed by atoms with van der Waals surface area (Å²) in [4.78, 5) is 4.90. The van der Waals surface area contributed by atoms with E-state index in [1.807, 2.05) is 6.20 Å². The molecule has 1 aromatic carbocycles. The molecule has 5 nitrogen and oxygen atoms in total. The Bertz CT molecular complexity index is 684. The third-order valence-electron chi connectivity index (χ3n) is 5.68. The number of piperidine rings is 2. The van der Waals surface area contributed by atoms with Gasteiger partial charge in [-0.2, -0.15) is 5.10 Å². The molecule has 0 amide bonds. The topological polar surface area (TPSA) is 55.4 Å². The maximum Gasteiger partial charge on any atom is 0.0653 e. The molecule has 3 heterocycles. The van der Waals surface area contributed by atoms with Crippen LogP contribution in [0.2, 0.25) is 0 Å². The lowest BCUT2D eigenvalue weighted by Gasteiger charge is -2.50. The van der Waals surface area contributed by atoms with Crippen LogP contribution in [-0.4, -0.2) is 64.4 Å². The van der Waals surface area contributed by atoms with Crippen molar-refractivity contribution in [2.45, 2.75) is 31.9 Å². The lowest BCUT2D eigenvalue weighted by Crippen LogP contribution is -2.58. The summed E-state index contributed by atoms with van der Waals surface area (Å²) in [5.41, 5.74) is 2.48. The van der Waals surface area contributed by atoms with E-state index in [1.165, 1.54) is 12.0 Å². The molecule has 0 aliphatic carbocycles. The molecule has 2 fully saturated rings. The number of aliphatic hydroxyl groups is 1. The molecule has 2 aliphatic rings. The van der Waals surface area contributed by atoms with Gasteiger partial charge in [0.15, 0.2) is 0 Å². The van der Waals surface area contributed by atoms with Crippen molar-refractivity contribution < 1.29 is 5.11 Å². The van der Waals surface area contributed by atoms with Gasteiger partial charge in [0, 0.05) is 37.0 Å². The fourth-order valence-corrected chi connectivity index (χ4v) is 4.51. The SMILES string of the molecule is CN1CC[C@H](O)[C@@]2(CCCN(Cc3ccc4cn[nH]c4c3)C2)C1. The van der Waals surface area contributed by atoms with Gasteiger partial charge in [-0.3, -0.25) is 10.00 Å². The van der Waals surface area contributed by atoms with Crippen molar-refractivity contribution in [3.05, 3.63) is 30.0 Å². The number of H-pyrrole nitrogens is 1. The lowest BCUT2D eigenvalue weighted by molar-refractivity contribution is -0.0807. The Morgan fingerprint density at radius 1 is 1.35 bits per heavy atom. The normalized spacial score (nSPS) is 30.3. The summed E-state index contributed by atoms with van der Waals surface area (Å²) in [7, 11) is 2.18. The number of hydrogen-bond acceptors (Lipinski definition) is 4. The fourth-order valence-electron chi connectivity index (χ4n) is 4.51. The molecule has 5 heteroatoms. The van der Waals surface area contributed by atoms with Gasteiger partial charge in [-0.05, 0) is 44.5 Å². The van der Waals surface area contributed by atoms with E-state index < -0.39 is 0 Å². The largest absolute Gasteiger partial charge is 0.392 e. The Labute approximate surface area is 137 Å². The molecule has 0 unspecified atom stereocenters. The molecule has 0 bridgehead atoms. The van der Waals surface area contributed by atoms with E-state index in [2.05, 4.69) is 45.2 Å². The first-order valence-corrected chi connectivity index (χ1v) is 8.66. The minimum absolute atomic E-state index is 0.0589. The molecule has 0 saturated carbocycles. The minimum Gasteiger partial charge on any atom is -0.392 e. The van der Waals surface area contributed by atoms with Crippen LogP contribution >= 0.6 is 0 Å². The second kappa shape index (κ2) is 5.89. The summed E-state index contributed by atoms with van der Waals surface area (Å²) >= 11 is 0. The number of aromatic nitrogens is 2. The van der Waals surface area contributed by atoms with Crippen LogP contribution in [0.3, 0.4) is 0 Å². The predicted molar refractivity (Wildman–Crippen MR) is 91.2 cm³/mol. The molecule has 4 rings (SSSR count). The maximum absolute atomic E-state index is 10.6. The number of aliphatic hydroxyl groups excluding tert-OH is 1. The lowest BCUT2D eigenvalue weighted by atomic mass is 9.71. The molecular weight excluding hydrogens is 288 g/mol. The first kappa shape index (κ1) is 15.1. The highest BCUT2D eigenvalue weighted by Crippen LogP contribution is 2.38. The number of rotatable bonds is 2. The van der Waals surface area contributed by atoms with E-state index in [-0.39, 0.29) is 11.5 Å². The Kier molecular flexibility index (Phi) is 3.87. The molecule has 23 heavy (non-hydrogen) atoms. The summed E-state index contributed by atoms with van der Waals surface area (Å²) in [5, 5.41) is 18.9.